The summed E-state index contributed by atoms with van der Waals surface area (Å²) in [5.41, 5.74) is -0.0832. The first kappa shape index (κ1) is 22.5. The van der Waals surface area contributed by atoms with Crippen LogP contribution in [0, 0.1) is 15.2 Å². The lowest BCUT2D eigenvalue weighted by Crippen LogP contribution is -2.30. The number of anilines is 3. The summed E-state index contributed by atoms with van der Waals surface area (Å²) in [6.07, 6.45) is 4.14. The second kappa shape index (κ2) is 8.93. The minimum absolute atomic E-state index is 0.0133. The van der Waals surface area contributed by atoms with Crippen molar-refractivity contribution >= 4 is 49.7 Å². The molecule has 0 aromatic heterocycles. The molecule has 0 spiro atoms. The predicted octanol–water partition coefficient (Wildman–Crippen LogP) is 5.73. The van der Waals surface area contributed by atoms with Gasteiger partial charge in [-0.25, -0.2) is 17.2 Å². The molecule has 2 N–H and O–H groups in total. The third-order valence-corrected chi connectivity index (χ3v) is 7.69. The van der Waals surface area contributed by atoms with E-state index in [-0.39, 0.29) is 30.2 Å². The largest absolute Gasteiger partial charge is 0.487 e. The molecule has 1 aliphatic rings. The molecular formula is C21H21F2IN2O3S. The van der Waals surface area contributed by atoms with Crippen molar-refractivity contribution in [3.8, 4) is 5.75 Å². The summed E-state index contributed by atoms with van der Waals surface area (Å²) in [5.74, 6) is -2.53. The number of nitrogens with one attached hydrogen (secondary N) is 2. The molecule has 0 bridgehead atoms. The van der Waals surface area contributed by atoms with Crippen molar-refractivity contribution in [2.24, 2.45) is 0 Å². The molecule has 1 fully saturated rings. The molecule has 160 valence electrons. The lowest BCUT2D eigenvalue weighted by molar-refractivity contribution is 0.361. The summed E-state index contributed by atoms with van der Waals surface area (Å²) >= 11 is 2.12. The van der Waals surface area contributed by atoms with Gasteiger partial charge in [-0.1, -0.05) is 18.7 Å². The molecule has 1 saturated carbocycles. The third kappa shape index (κ3) is 4.61. The molecule has 30 heavy (non-hydrogen) atoms. The SMILES string of the molecule is C=CCOc1cc(F)c(F)c(Nc2ccc(I)cc2)c1NS(=O)(=O)C1(CC=C)CC1. The lowest BCUT2D eigenvalue weighted by Gasteiger charge is -2.22. The predicted molar refractivity (Wildman–Crippen MR) is 124 cm³/mol. The Hall–Kier alpha value is -2.14. The van der Waals surface area contributed by atoms with Crippen LogP contribution in [0.25, 0.3) is 0 Å². The molecular weight excluding hydrogens is 525 g/mol. The summed E-state index contributed by atoms with van der Waals surface area (Å²) in [7, 11) is -3.92. The minimum atomic E-state index is -3.92. The molecule has 0 amide bonds. The van der Waals surface area contributed by atoms with E-state index in [2.05, 4.69) is 45.8 Å². The third-order valence-electron chi connectivity index (χ3n) is 4.78. The van der Waals surface area contributed by atoms with Crippen molar-refractivity contribution in [3.63, 3.8) is 0 Å². The van der Waals surface area contributed by atoms with Gasteiger partial charge in [-0.2, -0.15) is 0 Å². The van der Waals surface area contributed by atoms with Gasteiger partial charge in [0, 0.05) is 15.3 Å². The maximum Gasteiger partial charge on any atom is 0.238 e. The summed E-state index contributed by atoms with van der Waals surface area (Å²) < 4.78 is 63.1. The maximum atomic E-state index is 14.8. The van der Waals surface area contributed by atoms with E-state index < -0.39 is 26.4 Å². The van der Waals surface area contributed by atoms with Crippen LogP contribution in [0.15, 0.2) is 55.6 Å². The smallest absolute Gasteiger partial charge is 0.238 e. The summed E-state index contributed by atoms with van der Waals surface area (Å²) in [4.78, 5) is 0. The number of rotatable bonds is 10. The second-order valence-electron chi connectivity index (χ2n) is 6.93. The van der Waals surface area contributed by atoms with E-state index in [1.807, 2.05) is 0 Å². The van der Waals surface area contributed by atoms with Crippen molar-refractivity contribution in [3.05, 3.63) is 70.8 Å². The fraction of sp³-hybridized carbons (Fsp3) is 0.238. The van der Waals surface area contributed by atoms with Crippen LogP contribution in [0.4, 0.5) is 25.8 Å². The Kier molecular flexibility index (Phi) is 6.71. The van der Waals surface area contributed by atoms with Crippen LogP contribution >= 0.6 is 22.6 Å². The number of hydrogen-bond acceptors (Lipinski definition) is 4. The van der Waals surface area contributed by atoms with Gasteiger partial charge in [0.2, 0.25) is 10.0 Å². The number of sulfonamides is 1. The summed E-state index contributed by atoms with van der Waals surface area (Å²) in [6, 6.07) is 7.73. The van der Waals surface area contributed by atoms with Crippen molar-refractivity contribution in [1.82, 2.24) is 0 Å². The Morgan fingerprint density at radius 2 is 1.80 bits per heavy atom. The molecule has 2 aromatic rings. The molecule has 9 heteroatoms. The molecule has 0 atom stereocenters. The molecule has 0 unspecified atom stereocenters. The van der Waals surface area contributed by atoms with Gasteiger partial charge in [-0.3, -0.25) is 4.72 Å². The first-order valence-electron chi connectivity index (χ1n) is 9.14. The standard InChI is InChI=1S/C21H21F2IN2O3S/c1-3-9-21(10-11-21)30(27,28)26-19-17(29-12-4-2)13-16(22)18(23)20(19)25-15-7-5-14(24)6-8-15/h3-8,13,25-26H,1-2,9-12H2. The quantitative estimate of drug-likeness (QED) is 0.295. The number of hydrogen-bond donors (Lipinski definition) is 2. The highest BCUT2D eigenvalue weighted by molar-refractivity contribution is 14.1. The zero-order chi connectivity index (χ0) is 21.9. The van der Waals surface area contributed by atoms with Crippen molar-refractivity contribution < 1.29 is 21.9 Å². The zero-order valence-corrected chi connectivity index (χ0v) is 19.0. The fourth-order valence-corrected chi connectivity index (χ4v) is 5.01. The van der Waals surface area contributed by atoms with Gasteiger partial charge < -0.3 is 10.1 Å². The molecule has 0 aliphatic heterocycles. The molecule has 0 radical (unpaired) electrons. The number of halogens is 3. The summed E-state index contributed by atoms with van der Waals surface area (Å²) in [5, 5.41) is 2.78. The Balaban J connectivity index is 2.09. The van der Waals surface area contributed by atoms with Crippen LogP contribution in [-0.2, 0) is 10.0 Å². The highest BCUT2D eigenvalue weighted by Crippen LogP contribution is 2.49. The van der Waals surface area contributed by atoms with Gasteiger partial charge in [-0.05, 0) is 66.1 Å². The maximum absolute atomic E-state index is 14.8. The van der Waals surface area contributed by atoms with Crippen LogP contribution in [0.3, 0.4) is 0 Å². The second-order valence-corrected chi connectivity index (χ2v) is 10.3. The van der Waals surface area contributed by atoms with Crippen LogP contribution in [0.1, 0.15) is 19.3 Å². The molecule has 5 nitrogen and oxygen atoms in total. The van der Waals surface area contributed by atoms with Gasteiger partial charge in [-0.15, -0.1) is 6.58 Å². The van der Waals surface area contributed by atoms with E-state index in [1.54, 1.807) is 24.3 Å². The number of allylic oxidation sites excluding steroid dienone is 1. The van der Waals surface area contributed by atoms with Crippen molar-refractivity contribution in [2.45, 2.75) is 24.0 Å². The number of ether oxygens (including phenoxy) is 1. The molecule has 1 aliphatic carbocycles. The molecule has 0 heterocycles. The average molecular weight is 546 g/mol. The van der Waals surface area contributed by atoms with E-state index in [0.717, 1.165) is 9.64 Å². The lowest BCUT2D eigenvalue weighted by atomic mass is 10.2. The van der Waals surface area contributed by atoms with Crippen LogP contribution in [-0.4, -0.2) is 19.8 Å². The van der Waals surface area contributed by atoms with Gasteiger partial charge >= 0.3 is 0 Å². The van der Waals surface area contributed by atoms with Crippen LogP contribution in [0.5, 0.6) is 5.75 Å². The van der Waals surface area contributed by atoms with E-state index in [4.69, 9.17) is 4.74 Å². The van der Waals surface area contributed by atoms with E-state index in [1.165, 1.54) is 12.2 Å². The Morgan fingerprint density at radius 1 is 1.13 bits per heavy atom. The monoisotopic (exact) mass is 546 g/mol. The first-order chi connectivity index (χ1) is 14.2. The van der Waals surface area contributed by atoms with Crippen LogP contribution in [0.2, 0.25) is 0 Å². The zero-order valence-electron chi connectivity index (χ0n) is 16.1. The van der Waals surface area contributed by atoms with Gasteiger partial charge in [0.15, 0.2) is 11.6 Å². The Labute approximate surface area is 188 Å². The number of benzene rings is 2. The molecule has 2 aromatic carbocycles. The normalized spacial score (nSPS) is 14.6. The first-order valence-corrected chi connectivity index (χ1v) is 11.7. The molecule has 0 saturated heterocycles. The highest BCUT2D eigenvalue weighted by atomic mass is 127. The Bertz CT molecular complexity index is 1070. The van der Waals surface area contributed by atoms with E-state index >= 15 is 0 Å². The average Bonchev–Trinajstić information content (AvgIpc) is 3.49. The van der Waals surface area contributed by atoms with Crippen molar-refractivity contribution in [1.29, 1.82) is 0 Å². The topological polar surface area (TPSA) is 67.4 Å². The van der Waals surface area contributed by atoms with Crippen molar-refractivity contribution in [2.75, 3.05) is 16.6 Å². The summed E-state index contributed by atoms with van der Waals surface area (Å²) in [6.45, 7) is 7.14. The molecule has 3 rings (SSSR count). The van der Waals surface area contributed by atoms with Gasteiger partial charge in [0.25, 0.3) is 0 Å². The van der Waals surface area contributed by atoms with Gasteiger partial charge in [0.1, 0.15) is 23.7 Å². The van der Waals surface area contributed by atoms with E-state index in [9.17, 15) is 17.2 Å². The minimum Gasteiger partial charge on any atom is -0.487 e. The van der Waals surface area contributed by atoms with E-state index in [0.29, 0.717) is 18.5 Å². The highest BCUT2D eigenvalue weighted by Gasteiger charge is 2.54. The Morgan fingerprint density at radius 3 is 2.37 bits per heavy atom. The van der Waals surface area contributed by atoms with Crippen LogP contribution < -0.4 is 14.8 Å². The fourth-order valence-electron chi connectivity index (χ4n) is 2.99. The van der Waals surface area contributed by atoms with Gasteiger partial charge in [0.05, 0.1) is 4.75 Å².